The predicted octanol–water partition coefficient (Wildman–Crippen LogP) is 2.26. The lowest BCUT2D eigenvalue weighted by Crippen LogP contribution is -2.10. The average Bonchev–Trinajstić information content (AvgIpc) is 2.46. The van der Waals surface area contributed by atoms with Crippen LogP contribution in [0.5, 0.6) is 0 Å². The monoisotopic (exact) mass is 338 g/mol. The smallest absolute Gasteiger partial charge is 0.284 e. The van der Waals surface area contributed by atoms with Gasteiger partial charge in [-0.2, -0.15) is 8.42 Å². The number of rotatable bonds is 4. The summed E-state index contributed by atoms with van der Waals surface area (Å²) in [6.07, 6.45) is 2.73. The Morgan fingerprint density at radius 1 is 1.27 bits per heavy atom. The van der Waals surface area contributed by atoms with Gasteiger partial charge in [-0.05, 0) is 24.3 Å². The first-order valence-electron chi connectivity index (χ1n) is 6.28. The van der Waals surface area contributed by atoms with Crippen LogP contribution in [0.15, 0.2) is 45.8 Å². The molecule has 0 aliphatic rings. The molecule has 2 rings (SSSR count). The maximum atomic E-state index is 12.4. The Bertz CT molecular complexity index is 802. The zero-order chi connectivity index (χ0) is 16.3. The van der Waals surface area contributed by atoms with Crippen LogP contribution in [-0.4, -0.2) is 38.7 Å². The number of pyridine rings is 1. The summed E-state index contributed by atoms with van der Waals surface area (Å²) in [6, 6.07) is 7.91. The summed E-state index contributed by atoms with van der Waals surface area (Å²) < 4.78 is 28.5. The molecule has 0 unspecified atom stereocenters. The van der Waals surface area contributed by atoms with Crippen molar-refractivity contribution in [3.05, 3.63) is 41.7 Å². The molecule has 0 aliphatic carbocycles. The van der Waals surface area contributed by atoms with E-state index in [1.807, 2.05) is 0 Å². The molecule has 0 spiro atoms. The van der Waals surface area contributed by atoms with Gasteiger partial charge < -0.3 is 10.6 Å². The molecule has 22 heavy (non-hydrogen) atoms. The highest BCUT2D eigenvalue weighted by atomic mass is 35.5. The third kappa shape index (κ3) is 3.75. The van der Waals surface area contributed by atoms with Gasteiger partial charge in [-0.25, -0.2) is 4.98 Å². The van der Waals surface area contributed by atoms with Crippen molar-refractivity contribution in [2.75, 3.05) is 19.8 Å². The number of halogens is 1. The minimum absolute atomic E-state index is 0.0229. The molecule has 0 aliphatic heterocycles. The van der Waals surface area contributed by atoms with E-state index in [2.05, 4.69) is 9.38 Å². The van der Waals surface area contributed by atoms with Gasteiger partial charge in [0.2, 0.25) is 0 Å². The molecule has 0 fully saturated rings. The Labute approximate surface area is 134 Å². The molecule has 2 N–H and O–H groups in total. The van der Waals surface area contributed by atoms with E-state index in [-0.39, 0.29) is 4.90 Å². The van der Waals surface area contributed by atoms with Gasteiger partial charge in [-0.1, -0.05) is 17.7 Å². The molecule has 0 saturated carbocycles. The number of nitrogen functional groups attached to an aromatic ring is 1. The van der Waals surface area contributed by atoms with Crippen molar-refractivity contribution >= 4 is 33.7 Å². The molecular weight excluding hydrogens is 324 g/mol. The van der Waals surface area contributed by atoms with E-state index < -0.39 is 10.0 Å². The minimum Gasteiger partial charge on any atom is -0.399 e. The van der Waals surface area contributed by atoms with Gasteiger partial charge in [0.05, 0.1) is 4.90 Å². The first-order chi connectivity index (χ1) is 10.3. The first kappa shape index (κ1) is 16.3. The van der Waals surface area contributed by atoms with Crippen LogP contribution in [0.25, 0.3) is 11.1 Å². The zero-order valence-corrected chi connectivity index (χ0v) is 13.6. The van der Waals surface area contributed by atoms with Gasteiger partial charge in [-0.15, -0.1) is 4.40 Å². The molecule has 1 aromatic heterocycles. The second-order valence-electron chi connectivity index (χ2n) is 4.78. The van der Waals surface area contributed by atoms with Gasteiger partial charge in [0.25, 0.3) is 10.0 Å². The van der Waals surface area contributed by atoms with E-state index in [1.54, 1.807) is 38.4 Å². The Balaban J connectivity index is 2.60. The minimum atomic E-state index is -3.88. The summed E-state index contributed by atoms with van der Waals surface area (Å²) in [7, 11) is -0.514. The van der Waals surface area contributed by atoms with E-state index in [9.17, 15) is 8.42 Å². The van der Waals surface area contributed by atoms with Crippen molar-refractivity contribution in [3.63, 3.8) is 0 Å². The summed E-state index contributed by atoms with van der Waals surface area (Å²) >= 11 is 5.76. The lowest BCUT2D eigenvalue weighted by molar-refractivity contribution is 0.595. The van der Waals surface area contributed by atoms with Crippen molar-refractivity contribution < 1.29 is 8.42 Å². The van der Waals surface area contributed by atoms with E-state index in [1.165, 1.54) is 23.5 Å². The van der Waals surface area contributed by atoms with Crippen molar-refractivity contribution in [2.24, 2.45) is 4.40 Å². The summed E-state index contributed by atoms with van der Waals surface area (Å²) in [4.78, 5) is 5.53. The molecule has 6 nitrogen and oxygen atoms in total. The molecule has 0 bridgehead atoms. The summed E-state index contributed by atoms with van der Waals surface area (Å²) in [5.41, 5.74) is 7.14. The number of benzene rings is 1. The van der Waals surface area contributed by atoms with Crippen LogP contribution in [0.1, 0.15) is 0 Å². The predicted molar refractivity (Wildman–Crippen MR) is 88.5 cm³/mol. The molecular formula is C14H15ClN4O2S. The number of nitrogens with two attached hydrogens (primary N) is 1. The molecule has 1 aromatic carbocycles. The summed E-state index contributed by atoms with van der Waals surface area (Å²) in [5.74, 6) is 0. The number of aromatic nitrogens is 1. The maximum absolute atomic E-state index is 12.4. The van der Waals surface area contributed by atoms with Crippen molar-refractivity contribution in [1.29, 1.82) is 0 Å². The van der Waals surface area contributed by atoms with Crippen molar-refractivity contribution in [3.8, 4) is 11.1 Å². The van der Waals surface area contributed by atoms with Crippen LogP contribution in [0, 0.1) is 0 Å². The zero-order valence-electron chi connectivity index (χ0n) is 12.1. The molecule has 0 amide bonds. The largest absolute Gasteiger partial charge is 0.399 e. The van der Waals surface area contributed by atoms with Crippen LogP contribution in [-0.2, 0) is 10.0 Å². The van der Waals surface area contributed by atoms with Gasteiger partial charge in [0.15, 0.2) is 0 Å². The third-order valence-corrected chi connectivity index (χ3v) is 4.23. The molecule has 1 heterocycles. The molecule has 0 atom stereocenters. The number of hydrogen-bond donors (Lipinski definition) is 1. The topological polar surface area (TPSA) is 88.7 Å². The second kappa shape index (κ2) is 6.33. The fourth-order valence-electron chi connectivity index (χ4n) is 1.74. The summed E-state index contributed by atoms with van der Waals surface area (Å²) in [6.45, 7) is 0. The van der Waals surface area contributed by atoms with Gasteiger partial charge in [0.1, 0.15) is 11.5 Å². The normalized spacial score (nSPS) is 11.8. The SMILES string of the molecule is CN(C)C=NS(=O)(=O)c1cc(N)ccc1-c1ccc(Cl)nc1. The maximum Gasteiger partial charge on any atom is 0.284 e. The highest BCUT2D eigenvalue weighted by Gasteiger charge is 2.19. The molecule has 116 valence electrons. The van der Waals surface area contributed by atoms with Gasteiger partial charge in [0, 0.05) is 37.1 Å². The standard InChI is InChI=1S/C14H15ClN4O2S/c1-19(2)9-18-22(20,21)13-7-11(16)4-5-12(13)10-3-6-14(15)17-8-10/h3-9H,16H2,1-2H3. The van der Waals surface area contributed by atoms with E-state index >= 15 is 0 Å². The van der Waals surface area contributed by atoms with Crippen molar-refractivity contribution in [1.82, 2.24) is 9.88 Å². The van der Waals surface area contributed by atoms with Crippen LogP contribution in [0.2, 0.25) is 5.15 Å². The third-order valence-electron chi connectivity index (χ3n) is 2.74. The summed E-state index contributed by atoms with van der Waals surface area (Å²) in [5, 5.41) is 0.328. The van der Waals surface area contributed by atoms with Crippen molar-refractivity contribution in [2.45, 2.75) is 4.90 Å². The Morgan fingerprint density at radius 2 is 2.00 bits per heavy atom. The fourth-order valence-corrected chi connectivity index (χ4v) is 3.03. The highest BCUT2D eigenvalue weighted by Crippen LogP contribution is 2.30. The highest BCUT2D eigenvalue weighted by molar-refractivity contribution is 7.90. The number of nitrogens with zero attached hydrogens (tertiary/aromatic N) is 3. The van der Waals surface area contributed by atoms with E-state index in [4.69, 9.17) is 17.3 Å². The average molecular weight is 339 g/mol. The number of sulfonamides is 1. The molecule has 0 saturated heterocycles. The molecule has 2 aromatic rings. The second-order valence-corrected chi connectivity index (χ2v) is 6.77. The van der Waals surface area contributed by atoms with Crippen LogP contribution in [0.3, 0.4) is 0 Å². The van der Waals surface area contributed by atoms with E-state index in [0.717, 1.165) is 0 Å². The fraction of sp³-hybridized carbons (Fsp3) is 0.143. The molecule has 0 radical (unpaired) electrons. The van der Waals surface area contributed by atoms with Crippen LogP contribution in [0.4, 0.5) is 5.69 Å². The van der Waals surface area contributed by atoms with Gasteiger partial charge >= 0.3 is 0 Å². The lowest BCUT2D eigenvalue weighted by atomic mass is 10.1. The quantitative estimate of drug-likeness (QED) is 0.400. The Morgan fingerprint density at radius 3 is 2.59 bits per heavy atom. The van der Waals surface area contributed by atoms with Crippen LogP contribution < -0.4 is 5.73 Å². The number of hydrogen-bond acceptors (Lipinski definition) is 4. The Kier molecular flexibility index (Phi) is 4.68. The first-order valence-corrected chi connectivity index (χ1v) is 8.10. The molecule has 8 heteroatoms. The van der Waals surface area contributed by atoms with Gasteiger partial charge in [-0.3, -0.25) is 0 Å². The van der Waals surface area contributed by atoms with Crippen LogP contribution >= 0.6 is 11.6 Å². The lowest BCUT2D eigenvalue weighted by Gasteiger charge is -2.10. The van der Waals surface area contributed by atoms with E-state index in [0.29, 0.717) is 22.0 Å². The Hall–Kier alpha value is -2.12. The number of anilines is 1.